The van der Waals surface area contributed by atoms with Crippen LogP contribution < -0.4 is 4.74 Å². The Morgan fingerprint density at radius 3 is 2.06 bits per heavy atom. The van der Waals surface area contributed by atoms with Gasteiger partial charge < -0.3 is 4.74 Å². The number of unbranched alkanes of at least 4 members (excludes halogenated alkanes) is 7. The van der Waals surface area contributed by atoms with Crippen LogP contribution in [0.3, 0.4) is 0 Å². The molecule has 3 nitrogen and oxygen atoms in total. The molecule has 0 radical (unpaired) electrons. The molecular formula is C30H46N2O. The van der Waals surface area contributed by atoms with Crippen molar-refractivity contribution in [2.24, 2.45) is 11.8 Å². The molecule has 182 valence electrons. The molecule has 0 amide bonds. The van der Waals surface area contributed by atoms with Crippen LogP contribution in [0.25, 0.3) is 11.3 Å². The molecule has 1 aliphatic carbocycles. The van der Waals surface area contributed by atoms with Gasteiger partial charge in [0.1, 0.15) is 5.75 Å². The number of aromatic nitrogens is 2. The quantitative estimate of drug-likeness (QED) is 0.254. The van der Waals surface area contributed by atoms with Crippen LogP contribution in [0.1, 0.15) is 109 Å². The van der Waals surface area contributed by atoms with Gasteiger partial charge in [0.05, 0.1) is 24.2 Å². The second-order valence-electron chi connectivity index (χ2n) is 10.1. The molecule has 0 aliphatic heterocycles. The molecule has 0 unspecified atom stereocenters. The van der Waals surface area contributed by atoms with E-state index in [0.29, 0.717) is 0 Å². The van der Waals surface area contributed by atoms with E-state index >= 15 is 0 Å². The van der Waals surface area contributed by atoms with Crippen molar-refractivity contribution in [2.75, 3.05) is 6.61 Å². The molecule has 1 saturated carbocycles. The molecule has 2 aromatic rings. The van der Waals surface area contributed by atoms with Gasteiger partial charge in [-0.1, -0.05) is 84.5 Å². The van der Waals surface area contributed by atoms with Crippen LogP contribution in [0.15, 0.2) is 36.7 Å². The summed E-state index contributed by atoms with van der Waals surface area (Å²) in [6, 6.07) is 8.38. The Labute approximate surface area is 202 Å². The zero-order valence-corrected chi connectivity index (χ0v) is 21.2. The first-order chi connectivity index (χ1) is 16.3. The van der Waals surface area contributed by atoms with Crippen LogP contribution in [0.4, 0.5) is 0 Å². The summed E-state index contributed by atoms with van der Waals surface area (Å²) in [4.78, 5) is 9.32. The normalized spacial score (nSPS) is 18.4. The Kier molecular flexibility index (Phi) is 11.8. The van der Waals surface area contributed by atoms with E-state index in [2.05, 4.69) is 48.1 Å². The molecule has 1 fully saturated rings. The van der Waals surface area contributed by atoms with E-state index < -0.39 is 0 Å². The fourth-order valence-electron chi connectivity index (χ4n) is 5.01. The van der Waals surface area contributed by atoms with Crippen molar-refractivity contribution >= 4 is 0 Å². The molecule has 3 rings (SSSR count). The van der Waals surface area contributed by atoms with Gasteiger partial charge in [0, 0.05) is 11.8 Å². The maximum Gasteiger partial charge on any atom is 0.119 e. The van der Waals surface area contributed by atoms with Gasteiger partial charge in [-0.2, -0.15) is 0 Å². The molecule has 3 heteroatoms. The van der Waals surface area contributed by atoms with Crippen LogP contribution in [0.2, 0.25) is 0 Å². The van der Waals surface area contributed by atoms with Crippen molar-refractivity contribution in [3.05, 3.63) is 42.4 Å². The van der Waals surface area contributed by atoms with E-state index in [9.17, 15) is 0 Å². The lowest BCUT2D eigenvalue weighted by molar-refractivity contribution is 0.178. The summed E-state index contributed by atoms with van der Waals surface area (Å²) < 4.78 is 6.12. The average Bonchev–Trinajstić information content (AvgIpc) is 2.87. The lowest BCUT2D eigenvalue weighted by Crippen LogP contribution is -2.20. The minimum absolute atomic E-state index is 0.720. The number of benzene rings is 1. The van der Waals surface area contributed by atoms with Gasteiger partial charge in [-0.25, -0.2) is 0 Å². The van der Waals surface area contributed by atoms with Gasteiger partial charge in [0.25, 0.3) is 0 Å². The van der Waals surface area contributed by atoms with Gasteiger partial charge in [0.2, 0.25) is 0 Å². The van der Waals surface area contributed by atoms with Crippen molar-refractivity contribution in [2.45, 2.75) is 110 Å². The van der Waals surface area contributed by atoms with Crippen LogP contribution in [0, 0.1) is 11.8 Å². The van der Waals surface area contributed by atoms with Gasteiger partial charge in [-0.3, -0.25) is 9.97 Å². The lowest BCUT2D eigenvalue weighted by Gasteiger charge is -2.28. The Morgan fingerprint density at radius 1 is 0.727 bits per heavy atom. The number of hydrogen-bond acceptors (Lipinski definition) is 3. The predicted octanol–water partition coefficient (Wildman–Crippen LogP) is 8.81. The summed E-state index contributed by atoms with van der Waals surface area (Å²) >= 11 is 0. The largest absolute Gasteiger partial charge is 0.493 e. The van der Waals surface area contributed by atoms with E-state index in [4.69, 9.17) is 4.74 Å². The summed E-state index contributed by atoms with van der Waals surface area (Å²) in [5.41, 5.74) is 3.15. The Hall–Kier alpha value is -1.90. The first-order valence-corrected chi connectivity index (χ1v) is 13.8. The van der Waals surface area contributed by atoms with Crippen molar-refractivity contribution in [3.8, 4) is 17.0 Å². The lowest BCUT2D eigenvalue weighted by atomic mass is 9.80. The summed E-state index contributed by atoms with van der Waals surface area (Å²) in [7, 11) is 0. The fourth-order valence-corrected chi connectivity index (χ4v) is 5.01. The molecule has 0 spiro atoms. The Bertz CT molecular complexity index is 748. The standard InChI is InChI=1S/C30H46N2O/c1-3-5-7-8-9-10-11-13-28-22-32-30(23-31-28)27-18-20-29(21-19-27)33-24-26-16-14-25(15-17-26)12-6-4-2/h18-23,25-26H,3-17,24H2,1-2H3. The molecule has 0 atom stereocenters. The molecule has 1 aromatic heterocycles. The summed E-state index contributed by atoms with van der Waals surface area (Å²) in [6.45, 7) is 5.42. The second kappa shape index (κ2) is 15.1. The highest BCUT2D eigenvalue weighted by atomic mass is 16.5. The number of nitrogens with zero attached hydrogens (tertiary/aromatic N) is 2. The van der Waals surface area contributed by atoms with Gasteiger partial charge in [-0.15, -0.1) is 0 Å². The molecule has 0 saturated heterocycles. The highest BCUT2D eigenvalue weighted by Crippen LogP contribution is 2.32. The number of aryl methyl sites for hydroxylation is 1. The SMILES string of the molecule is CCCCCCCCCc1cnc(-c2ccc(OCC3CCC(CCCC)CC3)cc2)cn1. The maximum absolute atomic E-state index is 6.12. The minimum atomic E-state index is 0.720. The molecule has 0 N–H and O–H groups in total. The van der Waals surface area contributed by atoms with Crippen LogP contribution in [-0.2, 0) is 6.42 Å². The molecule has 1 aromatic carbocycles. The van der Waals surface area contributed by atoms with Gasteiger partial charge >= 0.3 is 0 Å². The van der Waals surface area contributed by atoms with Crippen LogP contribution in [-0.4, -0.2) is 16.6 Å². The van der Waals surface area contributed by atoms with Crippen molar-refractivity contribution in [1.82, 2.24) is 9.97 Å². The third-order valence-electron chi connectivity index (χ3n) is 7.31. The summed E-state index contributed by atoms with van der Waals surface area (Å²) in [5.74, 6) is 2.65. The van der Waals surface area contributed by atoms with Crippen molar-refractivity contribution < 1.29 is 4.74 Å². The average molecular weight is 451 g/mol. The number of ether oxygens (including phenoxy) is 1. The van der Waals surface area contributed by atoms with E-state index in [1.165, 1.54) is 89.9 Å². The minimum Gasteiger partial charge on any atom is -0.493 e. The zero-order valence-electron chi connectivity index (χ0n) is 21.2. The van der Waals surface area contributed by atoms with E-state index in [0.717, 1.165) is 47.6 Å². The highest BCUT2D eigenvalue weighted by molar-refractivity contribution is 5.58. The zero-order chi connectivity index (χ0) is 23.1. The smallest absolute Gasteiger partial charge is 0.119 e. The van der Waals surface area contributed by atoms with Crippen molar-refractivity contribution in [1.29, 1.82) is 0 Å². The number of hydrogen-bond donors (Lipinski definition) is 0. The molecule has 1 heterocycles. The first-order valence-electron chi connectivity index (χ1n) is 13.8. The molecule has 0 bridgehead atoms. The molecular weight excluding hydrogens is 404 g/mol. The summed E-state index contributed by atoms with van der Waals surface area (Å²) in [6.07, 6.45) is 23.8. The van der Waals surface area contributed by atoms with E-state index in [-0.39, 0.29) is 0 Å². The maximum atomic E-state index is 6.12. The van der Waals surface area contributed by atoms with Crippen LogP contribution in [0.5, 0.6) is 5.75 Å². The monoisotopic (exact) mass is 450 g/mol. The third kappa shape index (κ3) is 9.47. The molecule has 1 aliphatic rings. The Morgan fingerprint density at radius 2 is 1.39 bits per heavy atom. The van der Waals surface area contributed by atoms with Crippen molar-refractivity contribution in [3.63, 3.8) is 0 Å². The van der Waals surface area contributed by atoms with Gasteiger partial charge in [0.15, 0.2) is 0 Å². The topological polar surface area (TPSA) is 35.0 Å². The van der Waals surface area contributed by atoms with E-state index in [1.807, 2.05) is 12.4 Å². The van der Waals surface area contributed by atoms with E-state index in [1.54, 1.807) is 0 Å². The third-order valence-corrected chi connectivity index (χ3v) is 7.31. The first kappa shape index (κ1) is 25.7. The predicted molar refractivity (Wildman–Crippen MR) is 140 cm³/mol. The fraction of sp³-hybridized carbons (Fsp3) is 0.667. The van der Waals surface area contributed by atoms with Gasteiger partial charge in [-0.05, 0) is 61.8 Å². The Balaban J connectivity index is 1.35. The summed E-state index contributed by atoms with van der Waals surface area (Å²) in [5, 5.41) is 0. The highest BCUT2D eigenvalue weighted by Gasteiger charge is 2.21. The number of rotatable bonds is 15. The van der Waals surface area contributed by atoms with Crippen LogP contribution >= 0.6 is 0 Å². The second-order valence-corrected chi connectivity index (χ2v) is 10.1. The molecule has 33 heavy (non-hydrogen) atoms.